The Labute approximate surface area is 186 Å². The molecular formula is C20H15N3O7S2. The van der Waals surface area contributed by atoms with Gasteiger partial charge in [-0.1, -0.05) is 12.1 Å². The zero-order valence-corrected chi connectivity index (χ0v) is 18.1. The number of hydrogen-bond donors (Lipinski definition) is 1. The normalized spacial score (nSPS) is 16.0. The van der Waals surface area contributed by atoms with Gasteiger partial charge in [-0.25, -0.2) is 9.78 Å². The number of nitro groups is 1. The maximum absolute atomic E-state index is 12.7. The van der Waals surface area contributed by atoms with E-state index in [1.54, 1.807) is 25.1 Å². The number of pyridine rings is 1. The minimum Gasteiger partial charge on any atom is -0.480 e. The first-order valence-corrected chi connectivity index (χ1v) is 11.6. The molecule has 3 aromatic rings. The fourth-order valence-electron chi connectivity index (χ4n) is 3.06. The number of thioether (sulfide) groups is 1. The van der Waals surface area contributed by atoms with Gasteiger partial charge in [0.2, 0.25) is 0 Å². The second-order valence-electron chi connectivity index (χ2n) is 6.92. The third-order valence-electron chi connectivity index (χ3n) is 4.60. The average Bonchev–Trinajstić information content (AvgIpc) is 3.23. The third-order valence-corrected chi connectivity index (χ3v) is 6.95. The number of aliphatic imine (C=N–C) groups is 1. The van der Waals surface area contributed by atoms with Crippen LogP contribution in [0.15, 0.2) is 58.4 Å². The third kappa shape index (κ3) is 4.27. The van der Waals surface area contributed by atoms with E-state index < -0.39 is 37.6 Å². The Morgan fingerprint density at radius 3 is 2.69 bits per heavy atom. The summed E-state index contributed by atoms with van der Waals surface area (Å²) in [5.74, 6) is -0.688. The molecule has 164 valence electrons. The molecule has 1 aromatic heterocycles. The summed E-state index contributed by atoms with van der Waals surface area (Å²) in [6.07, 6.45) is 0. The van der Waals surface area contributed by atoms with Crippen molar-refractivity contribution in [3.05, 3.63) is 69.9 Å². The van der Waals surface area contributed by atoms with Gasteiger partial charge in [-0.15, -0.1) is 11.8 Å². The predicted octanol–water partition coefficient (Wildman–Crippen LogP) is 3.17. The Balaban J connectivity index is 1.64. The molecule has 2 aromatic carbocycles. The standard InChI is InChI=1S/C20H15N3O7S2/c1-11-2-7-17(23(26)27)18(8-11)32(28,29)30-13-4-6-14-12(9-13)3-5-15(21-14)19-22-16(10-31-19)20(24)25/h2-9,16H,10H2,1H3,(H,24,25)/t16-/m1/s1. The number of rotatable bonds is 6. The topological polar surface area (TPSA) is 149 Å². The Hall–Kier alpha value is -3.51. The molecule has 0 unspecified atom stereocenters. The fraction of sp³-hybridized carbons (Fsp3) is 0.150. The molecule has 10 nitrogen and oxygen atoms in total. The van der Waals surface area contributed by atoms with Crippen LogP contribution in [0.5, 0.6) is 5.75 Å². The van der Waals surface area contributed by atoms with E-state index in [2.05, 4.69) is 9.98 Å². The van der Waals surface area contributed by atoms with Crippen molar-refractivity contribution in [1.29, 1.82) is 0 Å². The number of carboxylic acid groups (broad SMARTS) is 1. The molecular weight excluding hydrogens is 458 g/mol. The summed E-state index contributed by atoms with van der Waals surface area (Å²) < 4.78 is 30.6. The summed E-state index contributed by atoms with van der Waals surface area (Å²) in [5, 5.41) is 21.4. The molecule has 4 rings (SSSR count). The lowest BCUT2D eigenvalue weighted by atomic mass is 10.2. The number of nitrogens with zero attached hydrogens (tertiary/aromatic N) is 3. The minimum atomic E-state index is -4.46. The maximum atomic E-state index is 12.7. The summed E-state index contributed by atoms with van der Waals surface area (Å²) in [4.78, 5) is 29.6. The van der Waals surface area contributed by atoms with Crippen LogP contribution in [0.25, 0.3) is 10.9 Å². The smallest absolute Gasteiger partial charge is 0.346 e. The lowest BCUT2D eigenvalue weighted by Crippen LogP contribution is -2.17. The molecule has 32 heavy (non-hydrogen) atoms. The van der Waals surface area contributed by atoms with Crippen LogP contribution in [0.4, 0.5) is 5.69 Å². The molecule has 1 aliphatic rings. The predicted molar refractivity (Wildman–Crippen MR) is 118 cm³/mol. The van der Waals surface area contributed by atoms with E-state index >= 15 is 0 Å². The van der Waals surface area contributed by atoms with Crippen molar-refractivity contribution < 1.29 is 27.4 Å². The summed E-state index contributed by atoms with van der Waals surface area (Å²) in [6.45, 7) is 1.62. The number of fused-ring (bicyclic) bond motifs is 1. The van der Waals surface area contributed by atoms with Gasteiger partial charge in [0.25, 0.3) is 5.69 Å². The molecule has 1 N–H and O–H groups in total. The van der Waals surface area contributed by atoms with Crippen LogP contribution in [0, 0.1) is 17.0 Å². The van der Waals surface area contributed by atoms with E-state index in [0.717, 1.165) is 6.07 Å². The number of carboxylic acids is 1. The van der Waals surface area contributed by atoms with E-state index in [9.17, 15) is 23.3 Å². The molecule has 0 saturated carbocycles. The second kappa shape index (κ2) is 8.20. The lowest BCUT2D eigenvalue weighted by molar-refractivity contribution is -0.387. The van der Waals surface area contributed by atoms with Crippen LogP contribution in [0.2, 0.25) is 0 Å². The molecule has 0 saturated heterocycles. The van der Waals surface area contributed by atoms with Gasteiger partial charge in [0, 0.05) is 17.2 Å². The fourth-order valence-corrected chi connectivity index (χ4v) is 5.23. The Morgan fingerprint density at radius 2 is 2.00 bits per heavy atom. The molecule has 0 radical (unpaired) electrons. The number of aryl methyl sites for hydroxylation is 1. The average molecular weight is 473 g/mol. The summed E-state index contributed by atoms with van der Waals surface area (Å²) in [6, 6.07) is 10.7. The molecule has 0 fully saturated rings. The Bertz CT molecular complexity index is 1400. The van der Waals surface area contributed by atoms with E-state index in [1.807, 2.05) is 0 Å². The van der Waals surface area contributed by atoms with E-state index in [1.165, 1.54) is 36.0 Å². The van der Waals surface area contributed by atoms with Gasteiger partial charge in [0.15, 0.2) is 10.9 Å². The molecule has 0 aliphatic carbocycles. The Morgan fingerprint density at radius 1 is 1.22 bits per heavy atom. The van der Waals surface area contributed by atoms with Crippen molar-refractivity contribution in [2.75, 3.05) is 5.75 Å². The quantitative estimate of drug-likeness (QED) is 0.323. The highest BCUT2D eigenvalue weighted by molar-refractivity contribution is 8.14. The Kier molecular flexibility index (Phi) is 5.57. The summed E-state index contributed by atoms with van der Waals surface area (Å²) >= 11 is 1.30. The number of hydrogen-bond acceptors (Lipinski definition) is 9. The van der Waals surface area contributed by atoms with E-state index in [-0.39, 0.29) is 5.75 Å². The first-order valence-electron chi connectivity index (χ1n) is 9.18. The van der Waals surface area contributed by atoms with Crippen LogP contribution in [0.1, 0.15) is 11.3 Å². The number of aromatic nitrogens is 1. The van der Waals surface area contributed by atoms with Gasteiger partial charge >= 0.3 is 16.1 Å². The van der Waals surface area contributed by atoms with Gasteiger partial charge < -0.3 is 9.29 Å². The van der Waals surface area contributed by atoms with Gasteiger partial charge in [-0.05, 0) is 42.8 Å². The maximum Gasteiger partial charge on any atom is 0.346 e. The largest absolute Gasteiger partial charge is 0.480 e. The molecule has 1 aliphatic heterocycles. The van der Waals surface area contributed by atoms with Crippen molar-refractivity contribution in [1.82, 2.24) is 4.98 Å². The van der Waals surface area contributed by atoms with Crippen LogP contribution < -0.4 is 4.18 Å². The molecule has 12 heteroatoms. The van der Waals surface area contributed by atoms with Crippen molar-refractivity contribution >= 4 is 49.5 Å². The number of nitro benzene ring substituents is 1. The summed E-state index contributed by atoms with van der Waals surface area (Å²) in [5.41, 5.74) is 1.00. The van der Waals surface area contributed by atoms with Gasteiger partial charge in [0.05, 0.1) is 16.1 Å². The zero-order chi connectivity index (χ0) is 23.0. The van der Waals surface area contributed by atoms with Crippen LogP contribution in [0.3, 0.4) is 0 Å². The van der Waals surface area contributed by atoms with Crippen LogP contribution >= 0.6 is 11.8 Å². The van der Waals surface area contributed by atoms with Gasteiger partial charge in [-0.3, -0.25) is 15.1 Å². The van der Waals surface area contributed by atoms with E-state index in [4.69, 9.17) is 9.29 Å². The first kappa shape index (κ1) is 21.7. The lowest BCUT2D eigenvalue weighted by Gasteiger charge is -2.09. The first-order chi connectivity index (χ1) is 15.1. The highest BCUT2D eigenvalue weighted by Gasteiger charge is 2.28. The van der Waals surface area contributed by atoms with Gasteiger partial charge in [0.1, 0.15) is 10.8 Å². The zero-order valence-electron chi connectivity index (χ0n) is 16.5. The molecule has 2 heterocycles. The number of aliphatic carboxylic acids is 1. The SMILES string of the molecule is Cc1ccc([N+](=O)[O-])c(S(=O)(=O)Oc2ccc3nc(C4=N[C@@H](C(=O)O)CS4)ccc3c2)c1. The van der Waals surface area contributed by atoms with Crippen LogP contribution in [-0.2, 0) is 14.9 Å². The molecule has 0 bridgehead atoms. The highest BCUT2D eigenvalue weighted by atomic mass is 32.2. The van der Waals surface area contributed by atoms with E-state index in [0.29, 0.717) is 33.0 Å². The highest BCUT2D eigenvalue weighted by Crippen LogP contribution is 2.30. The van der Waals surface area contributed by atoms with Crippen LogP contribution in [-0.4, -0.2) is 46.2 Å². The molecule has 0 spiro atoms. The second-order valence-corrected chi connectivity index (χ2v) is 9.44. The van der Waals surface area contributed by atoms with Crippen molar-refractivity contribution in [2.24, 2.45) is 4.99 Å². The number of benzene rings is 2. The minimum absolute atomic E-state index is 0.0265. The molecule has 1 atom stereocenters. The number of carbonyl (C=O) groups is 1. The summed E-state index contributed by atoms with van der Waals surface area (Å²) in [7, 11) is -4.46. The van der Waals surface area contributed by atoms with Crippen molar-refractivity contribution in [2.45, 2.75) is 17.9 Å². The molecule has 0 amide bonds. The van der Waals surface area contributed by atoms with Gasteiger partial charge in [-0.2, -0.15) is 8.42 Å². The monoisotopic (exact) mass is 473 g/mol. The van der Waals surface area contributed by atoms with Crippen molar-refractivity contribution in [3.63, 3.8) is 0 Å². The van der Waals surface area contributed by atoms with Crippen molar-refractivity contribution in [3.8, 4) is 5.75 Å².